The second kappa shape index (κ2) is 5.27. The molecule has 96 valence electrons. The number of anilines is 1. The first-order valence-electron chi connectivity index (χ1n) is 6.95. The first-order valence-corrected chi connectivity index (χ1v) is 7.77. The fourth-order valence-electron chi connectivity index (χ4n) is 2.80. The summed E-state index contributed by atoms with van der Waals surface area (Å²) in [4.78, 5) is 4.68. The van der Waals surface area contributed by atoms with E-state index in [0.29, 0.717) is 6.04 Å². The Morgan fingerprint density at radius 3 is 2.89 bits per heavy atom. The lowest BCUT2D eigenvalue weighted by Crippen LogP contribution is -2.26. The van der Waals surface area contributed by atoms with Crippen molar-refractivity contribution in [1.29, 1.82) is 0 Å². The molecule has 0 radical (unpaired) electrons. The van der Waals surface area contributed by atoms with Gasteiger partial charge in [-0.3, -0.25) is 0 Å². The van der Waals surface area contributed by atoms with Gasteiger partial charge in [0.25, 0.3) is 0 Å². The van der Waals surface area contributed by atoms with E-state index < -0.39 is 0 Å². The van der Waals surface area contributed by atoms with Gasteiger partial charge < -0.3 is 5.32 Å². The number of thiazole rings is 1. The Bertz CT molecular complexity index is 487. The average Bonchev–Trinajstić information content (AvgIpc) is 2.68. The van der Waals surface area contributed by atoms with Crippen LogP contribution in [0.15, 0.2) is 24.3 Å². The van der Waals surface area contributed by atoms with Crippen LogP contribution in [0.3, 0.4) is 0 Å². The lowest BCUT2D eigenvalue weighted by molar-refractivity contribution is 0.456. The van der Waals surface area contributed by atoms with E-state index in [4.69, 9.17) is 0 Å². The summed E-state index contributed by atoms with van der Waals surface area (Å²) >= 11 is 1.78. The minimum atomic E-state index is 0.605. The molecule has 2 atom stereocenters. The molecule has 3 heteroatoms. The molecule has 0 bridgehead atoms. The summed E-state index contributed by atoms with van der Waals surface area (Å²) in [6.07, 6.45) is 6.77. The van der Waals surface area contributed by atoms with Crippen LogP contribution in [0.5, 0.6) is 0 Å². The van der Waals surface area contributed by atoms with Crippen LogP contribution in [0.2, 0.25) is 0 Å². The third-order valence-corrected chi connectivity index (χ3v) is 4.93. The number of aromatic nitrogens is 1. The number of hydrogen-bond donors (Lipinski definition) is 1. The Morgan fingerprint density at radius 2 is 2.00 bits per heavy atom. The van der Waals surface area contributed by atoms with Crippen molar-refractivity contribution in [3.8, 4) is 0 Å². The zero-order valence-corrected chi connectivity index (χ0v) is 11.7. The first-order chi connectivity index (χ1) is 8.83. The Morgan fingerprint density at radius 1 is 1.17 bits per heavy atom. The molecule has 18 heavy (non-hydrogen) atoms. The summed E-state index contributed by atoms with van der Waals surface area (Å²) in [6, 6.07) is 8.98. The van der Waals surface area contributed by atoms with E-state index in [9.17, 15) is 0 Å². The van der Waals surface area contributed by atoms with Crippen molar-refractivity contribution in [1.82, 2.24) is 4.98 Å². The second-order valence-electron chi connectivity index (χ2n) is 5.35. The molecule has 1 aliphatic rings. The van der Waals surface area contributed by atoms with Gasteiger partial charge in [0.15, 0.2) is 5.13 Å². The predicted molar refractivity (Wildman–Crippen MR) is 79.3 cm³/mol. The van der Waals surface area contributed by atoms with Crippen LogP contribution < -0.4 is 5.32 Å². The van der Waals surface area contributed by atoms with E-state index in [1.54, 1.807) is 11.3 Å². The highest BCUT2D eigenvalue weighted by Gasteiger charge is 2.20. The van der Waals surface area contributed by atoms with Gasteiger partial charge in [0, 0.05) is 6.04 Å². The molecule has 0 spiro atoms. The van der Waals surface area contributed by atoms with Crippen molar-refractivity contribution in [2.75, 3.05) is 5.32 Å². The molecule has 1 aliphatic carbocycles. The minimum absolute atomic E-state index is 0.605. The normalized spacial score (nSPS) is 24.9. The Kier molecular flexibility index (Phi) is 3.50. The molecule has 0 aliphatic heterocycles. The van der Waals surface area contributed by atoms with Crippen LogP contribution in [0.25, 0.3) is 10.2 Å². The van der Waals surface area contributed by atoms with Crippen LogP contribution in [-0.4, -0.2) is 11.0 Å². The van der Waals surface area contributed by atoms with Gasteiger partial charge in [-0.05, 0) is 30.9 Å². The minimum Gasteiger partial charge on any atom is -0.358 e. The third kappa shape index (κ3) is 2.51. The summed E-state index contributed by atoms with van der Waals surface area (Å²) in [5, 5.41) is 4.76. The van der Waals surface area contributed by atoms with Crippen molar-refractivity contribution in [2.24, 2.45) is 5.92 Å². The molecule has 0 amide bonds. The molecular weight excluding hydrogens is 240 g/mol. The van der Waals surface area contributed by atoms with E-state index in [-0.39, 0.29) is 0 Å². The molecule has 1 aromatic carbocycles. The predicted octanol–water partition coefficient (Wildman–Crippen LogP) is 4.68. The molecule has 2 nitrogen and oxygen atoms in total. The highest BCUT2D eigenvalue weighted by atomic mass is 32.1. The molecule has 1 aromatic heterocycles. The summed E-state index contributed by atoms with van der Waals surface area (Å²) in [5.41, 5.74) is 1.12. The number of para-hydroxylation sites is 1. The maximum absolute atomic E-state index is 4.68. The van der Waals surface area contributed by atoms with E-state index in [1.807, 2.05) is 0 Å². The molecule has 1 heterocycles. The number of fused-ring (bicyclic) bond motifs is 1. The van der Waals surface area contributed by atoms with Gasteiger partial charge in [-0.1, -0.05) is 49.7 Å². The average molecular weight is 260 g/mol. The molecule has 3 rings (SSSR count). The summed E-state index contributed by atoms with van der Waals surface area (Å²) in [7, 11) is 0. The van der Waals surface area contributed by atoms with Crippen LogP contribution >= 0.6 is 11.3 Å². The van der Waals surface area contributed by atoms with Gasteiger partial charge in [0.2, 0.25) is 0 Å². The van der Waals surface area contributed by atoms with Gasteiger partial charge >= 0.3 is 0 Å². The van der Waals surface area contributed by atoms with Crippen molar-refractivity contribution < 1.29 is 0 Å². The van der Waals surface area contributed by atoms with Crippen molar-refractivity contribution >= 4 is 26.7 Å². The topological polar surface area (TPSA) is 24.9 Å². The smallest absolute Gasteiger partial charge is 0.184 e. The molecular formula is C15H20N2S. The molecule has 1 N–H and O–H groups in total. The highest BCUT2D eigenvalue weighted by Crippen LogP contribution is 2.30. The largest absolute Gasteiger partial charge is 0.358 e. The summed E-state index contributed by atoms with van der Waals surface area (Å²) in [6.45, 7) is 2.37. The molecule has 2 unspecified atom stereocenters. The number of nitrogens with zero attached hydrogens (tertiary/aromatic N) is 1. The second-order valence-corrected chi connectivity index (χ2v) is 6.38. The van der Waals surface area contributed by atoms with Crippen molar-refractivity contribution in [3.63, 3.8) is 0 Å². The van der Waals surface area contributed by atoms with Gasteiger partial charge in [-0.2, -0.15) is 0 Å². The molecule has 0 saturated heterocycles. The quantitative estimate of drug-likeness (QED) is 0.793. The summed E-state index contributed by atoms with van der Waals surface area (Å²) < 4.78 is 1.28. The van der Waals surface area contributed by atoms with E-state index in [0.717, 1.165) is 16.6 Å². The zero-order chi connectivity index (χ0) is 12.4. The lowest BCUT2D eigenvalue weighted by Gasteiger charge is -2.22. The standard InChI is InChI=1S/C15H20N2S/c1-11-7-3-2-4-8-12(11)16-15-17-13-9-5-6-10-14(13)18-15/h5-6,9-12H,2-4,7-8H2,1H3,(H,16,17). The molecule has 1 fully saturated rings. The SMILES string of the molecule is CC1CCCCCC1Nc1nc2ccccc2s1. The molecule has 1 saturated carbocycles. The highest BCUT2D eigenvalue weighted by molar-refractivity contribution is 7.22. The maximum atomic E-state index is 4.68. The fourth-order valence-corrected chi connectivity index (χ4v) is 3.73. The van der Waals surface area contributed by atoms with E-state index in [2.05, 4.69) is 41.5 Å². The third-order valence-electron chi connectivity index (χ3n) is 3.96. The monoisotopic (exact) mass is 260 g/mol. The van der Waals surface area contributed by atoms with E-state index in [1.165, 1.54) is 36.8 Å². The van der Waals surface area contributed by atoms with Crippen LogP contribution in [0.4, 0.5) is 5.13 Å². The van der Waals surface area contributed by atoms with Crippen molar-refractivity contribution in [2.45, 2.75) is 45.1 Å². The van der Waals surface area contributed by atoms with Crippen LogP contribution in [0, 0.1) is 5.92 Å². The summed E-state index contributed by atoms with van der Waals surface area (Å²) in [5.74, 6) is 0.763. The Balaban J connectivity index is 1.78. The van der Waals surface area contributed by atoms with E-state index >= 15 is 0 Å². The number of rotatable bonds is 2. The number of nitrogens with one attached hydrogen (secondary N) is 1. The maximum Gasteiger partial charge on any atom is 0.184 e. The van der Waals surface area contributed by atoms with Gasteiger partial charge in [0.1, 0.15) is 0 Å². The van der Waals surface area contributed by atoms with Crippen LogP contribution in [0.1, 0.15) is 39.0 Å². The zero-order valence-electron chi connectivity index (χ0n) is 10.9. The Hall–Kier alpha value is -1.09. The van der Waals surface area contributed by atoms with Crippen molar-refractivity contribution in [3.05, 3.63) is 24.3 Å². The Labute approximate surface area is 112 Å². The van der Waals surface area contributed by atoms with Crippen LogP contribution in [-0.2, 0) is 0 Å². The van der Waals surface area contributed by atoms with Gasteiger partial charge in [-0.25, -0.2) is 4.98 Å². The first kappa shape index (κ1) is 12.0. The fraction of sp³-hybridized carbons (Fsp3) is 0.533. The number of hydrogen-bond acceptors (Lipinski definition) is 3. The van der Waals surface area contributed by atoms with Gasteiger partial charge in [0.05, 0.1) is 10.2 Å². The van der Waals surface area contributed by atoms with Gasteiger partial charge in [-0.15, -0.1) is 0 Å². The number of benzene rings is 1. The molecule has 2 aromatic rings. The lowest BCUT2D eigenvalue weighted by atomic mass is 9.97.